The van der Waals surface area contributed by atoms with E-state index in [4.69, 9.17) is 0 Å². The first-order valence-electron chi connectivity index (χ1n) is 5.26. The second kappa shape index (κ2) is 4.96. The lowest BCUT2D eigenvalue weighted by molar-refractivity contribution is -0.143. The topological polar surface area (TPSA) is 49.4 Å². The Hall–Kier alpha value is -1.32. The number of carbonyl (C=O) groups is 2. The SMILES string of the molecule is CCC1NC(=O)CN(CC=C(C)C)C1=O. The van der Waals surface area contributed by atoms with Gasteiger partial charge in [0, 0.05) is 6.54 Å². The highest BCUT2D eigenvalue weighted by molar-refractivity contribution is 5.94. The van der Waals surface area contributed by atoms with Gasteiger partial charge in [-0.2, -0.15) is 0 Å². The van der Waals surface area contributed by atoms with Crippen LogP contribution in [-0.2, 0) is 9.59 Å². The molecule has 1 rings (SSSR count). The Balaban J connectivity index is 2.66. The number of nitrogens with one attached hydrogen (secondary N) is 1. The van der Waals surface area contributed by atoms with Crippen molar-refractivity contribution in [3.8, 4) is 0 Å². The molecule has 1 atom stereocenters. The molecule has 4 heteroatoms. The van der Waals surface area contributed by atoms with E-state index in [-0.39, 0.29) is 24.4 Å². The summed E-state index contributed by atoms with van der Waals surface area (Å²) in [6.45, 7) is 6.56. The molecule has 0 aliphatic carbocycles. The normalized spacial score (nSPS) is 21.3. The molecule has 1 fully saturated rings. The van der Waals surface area contributed by atoms with Gasteiger partial charge in [-0.05, 0) is 20.3 Å². The zero-order valence-electron chi connectivity index (χ0n) is 9.54. The van der Waals surface area contributed by atoms with Crippen LogP contribution in [0.5, 0.6) is 0 Å². The maximum absolute atomic E-state index is 11.8. The molecule has 0 radical (unpaired) electrons. The lowest BCUT2D eigenvalue weighted by Gasteiger charge is -2.31. The van der Waals surface area contributed by atoms with E-state index in [1.165, 1.54) is 0 Å². The molecule has 1 aliphatic heterocycles. The van der Waals surface area contributed by atoms with Gasteiger partial charge in [0.1, 0.15) is 6.04 Å². The highest BCUT2D eigenvalue weighted by Crippen LogP contribution is 2.06. The zero-order valence-corrected chi connectivity index (χ0v) is 9.54. The molecule has 15 heavy (non-hydrogen) atoms. The van der Waals surface area contributed by atoms with Crippen molar-refractivity contribution in [1.29, 1.82) is 0 Å². The van der Waals surface area contributed by atoms with E-state index in [1.807, 2.05) is 26.8 Å². The van der Waals surface area contributed by atoms with Crippen molar-refractivity contribution in [2.24, 2.45) is 0 Å². The van der Waals surface area contributed by atoms with Crippen LogP contribution < -0.4 is 5.32 Å². The molecule has 2 amide bonds. The van der Waals surface area contributed by atoms with Gasteiger partial charge in [0.2, 0.25) is 11.8 Å². The van der Waals surface area contributed by atoms with Gasteiger partial charge in [-0.1, -0.05) is 18.6 Å². The highest BCUT2D eigenvalue weighted by Gasteiger charge is 2.30. The number of carbonyl (C=O) groups excluding carboxylic acids is 2. The first-order chi connectivity index (χ1) is 7.04. The molecule has 84 valence electrons. The average Bonchev–Trinajstić information content (AvgIpc) is 2.18. The molecule has 1 N–H and O–H groups in total. The maximum atomic E-state index is 11.8. The van der Waals surface area contributed by atoms with Gasteiger partial charge in [-0.3, -0.25) is 9.59 Å². The fourth-order valence-corrected chi connectivity index (χ4v) is 1.50. The molecule has 0 spiro atoms. The molecule has 0 saturated carbocycles. The van der Waals surface area contributed by atoms with Crippen molar-refractivity contribution in [3.05, 3.63) is 11.6 Å². The second-order valence-electron chi connectivity index (χ2n) is 4.03. The summed E-state index contributed by atoms with van der Waals surface area (Å²) >= 11 is 0. The minimum atomic E-state index is -0.336. The van der Waals surface area contributed by atoms with Gasteiger partial charge in [-0.15, -0.1) is 0 Å². The van der Waals surface area contributed by atoms with E-state index in [9.17, 15) is 9.59 Å². The van der Waals surface area contributed by atoms with Gasteiger partial charge < -0.3 is 10.2 Å². The standard InChI is InChI=1S/C11H18N2O2/c1-4-9-11(15)13(6-5-8(2)3)7-10(14)12-9/h5,9H,4,6-7H2,1-3H3,(H,12,14). The number of piperazine rings is 1. The number of nitrogens with zero attached hydrogens (tertiary/aromatic N) is 1. The molecule has 1 saturated heterocycles. The van der Waals surface area contributed by atoms with Crippen LogP contribution >= 0.6 is 0 Å². The summed E-state index contributed by atoms with van der Waals surface area (Å²) in [4.78, 5) is 24.7. The smallest absolute Gasteiger partial charge is 0.245 e. The van der Waals surface area contributed by atoms with E-state index < -0.39 is 0 Å². The largest absolute Gasteiger partial charge is 0.343 e. The summed E-state index contributed by atoms with van der Waals surface area (Å²) in [6, 6.07) is -0.336. The van der Waals surface area contributed by atoms with Crippen molar-refractivity contribution < 1.29 is 9.59 Å². The monoisotopic (exact) mass is 210 g/mol. The minimum absolute atomic E-state index is 0.0228. The average molecular weight is 210 g/mol. The highest BCUT2D eigenvalue weighted by atomic mass is 16.2. The van der Waals surface area contributed by atoms with Crippen molar-refractivity contribution in [2.45, 2.75) is 33.2 Å². The van der Waals surface area contributed by atoms with Gasteiger partial charge in [-0.25, -0.2) is 0 Å². The molecule has 4 nitrogen and oxygen atoms in total. The summed E-state index contributed by atoms with van der Waals surface area (Å²) in [7, 11) is 0. The summed E-state index contributed by atoms with van der Waals surface area (Å²) < 4.78 is 0. The summed E-state index contributed by atoms with van der Waals surface area (Å²) in [6.07, 6.45) is 2.61. The van der Waals surface area contributed by atoms with Gasteiger partial charge in [0.15, 0.2) is 0 Å². The van der Waals surface area contributed by atoms with Crippen molar-refractivity contribution in [1.82, 2.24) is 10.2 Å². The Morgan fingerprint density at radius 1 is 1.53 bits per heavy atom. The fourth-order valence-electron chi connectivity index (χ4n) is 1.50. The maximum Gasteiger partial charge on any atom is 0.245 e. The summed E-state index contributed by atoms with van der Waals surface area (Å²) in [5, 5.41) is 2.68. The predicted octanol–water partition coefficient (Wildman–Crippen LogP) is 0.690. The first kappa shape index (κ1) is 11.8. The zero-order chi connectivity index (χ0) is 11.4. The van der Waals surface area contributed by atoms with Crippen LogP contribution in [-0.4, -0.2) is 35.8 Å². The Kier molecular flexibility index (Phi) is 3.88. The molecule has 1 aliphatic rings. The van der Waals surface area contributed by atoms with E-state index >= 15 is 0 Å². The van der Waals surface area contributed by atoms with Crippen LogP contribution in [0.1, 0.15) is 27.2 Å². The molecule has 0 aromatic carbocycles. The number of amides is 2. The van der Waals surface area contributed by atoms with Gasteiger partial charge in [0.05, 0.1) is 6.54 Å². The minimum Gasteiger partial charge on any atom is -0.343 e. The van der Waals surface area contributed by atoms with Crippen LogP contribution in [0.2, 0.25) is 0 Å². The van der Waals surface area contributed by atoms with Crippen LogP contribution in [0.15, 0.2) is 11.6 Å². The third-order valence-corrected chi connectivity index (χ3v) is 2.41. The number of hydrogen-bond acceptors (Lipinski definition) is 2. The molecule has 0 aromatic heterocycles. The number of allylic oxidation sites excluding steroid dienone is 1. The van der Waals surface area contributed by atoms with Crippen molar-refractivity contribution in [2.75, 3.05) is 13.1 Å². The molecule has 0 bridgehead atoms. The second-order valence-corrected chi connectivity index (χ2v) is 4.03. The lowest BCUT2D eigenvalue weighted by atomic mass is 10.1. The third-order valence-electron chi connectivity index (χ3n) is 2.41. The van der Waals surface area contributed by atoms with Gasteiger partial charge >= 0.3 is 0 Å². The molecular weight excluding hydrogens is 192 g/mol. The predicted molar refractivity (Wildman–Crippen MR) is 58.2 cm³/mol. The Morgan fingerprint density at radius 3 is 2.73 bits per heavy atom. The Morgan fingerprint density at radius 2 is 2.20 bits per heavy atom. The van der Waals surface area contributed by atoms with Crippen LogP contribution in [0.3, 0.4) is 0 Å². The third kappa shape index (κ3) is 3.08. The first-order valence-corrected chi connectivity index (χ1v) is 5.26. The Bertz CT molecular complexity index is 293. The van der Waals surface area contributed by atoms with Crippen LogP contribution in [0.25, 0.3) is 0 Å². The van der Waals surface area contributed by atoms with E-state index in [0.29, 0.717) is 13.0 Å². The summed E-state index contributed by atoms with van der Waals surface area (Å²) in [5.41, 5.74) is 1.15. The summed E-state index contributed by atoms with van der Waals surface area (Å²) in [5.74, 6) is -0.0433. The van der Waals surface area contributed by atoms with Crippen LogP contribution in [0.4, 0.5) is 0 Å². The molecule has 0 aromatic rings. The van der Waals surface area contributed by atoms with E-state index in [1.54, 1.807) is 4.90 Å². The van der Waals surface area contributed by atoms with Gasteiger partial charge in [0.25, 0.3) is 0 Å². The Labute approximate surface area is 90.3 Å². The van der Waals surface area contributed by atoms with E-state index in [2.05, 4.69) is 5.32 Å². The lowest BCUT2D eigenvalue weighted by Crippen LogP contribution is -2.57. The number of hydrogen-bond donors (Lipinski definition) is 1. The molecular formula is C11H18N2O2. The van der Waals surface area contributed by atoms with Crippen molar-refractivity contribution >= 4 is 11.8 Å². The molecule has 1 unspecified atom stereocenters. The van der Waals surface area contributed by atoms with Crippen LogP contribution in [0, 0.1) is 0 Å². The van der Waals surface area contributed by atoms with Crippen molar-refractivity contribution in [3.63, 3.8) is 0 Å². The number of rotatable bonds is 3. The van der Waals surface area contributed by atoms with E-state index in [0.717, 1.165) is 5.57 Å². The fraction of sp³-hybridized carbons (Fsp3) is 0.636. The quantitative estimate of drug-likeness (QED) is 0.697. The molecule has 1 heterocycles.